The van der Waals surface area contributed by atoms with Gasteiger partial charge in [-0.2, -0.15) is 0 Å². The Labute approximate surface area is 291 Å². The van der Waals surface area contributed by atoms with E-state index in [-0.39, 0.29) is 0 Å². The van der Waals surface area contributed by atoms with E-state index < -0.39 is 0 Å². The van der Waals surface area contributed by atoms with E-state index in [4.69, 9.17) is 15.0 Å². The van der Waals surface area contributed by atoms with Crippen LogP contribution in [0.5, 0.6) is 0 Å². The first-order valence-corrected chi connectivity index (χ1v) is 16.9. The highest BCUT2D eigenvalue weighted by atomic mass is 15.0. The van der Waals surface area contributed by atoms with Crippen molar-refractivity contribution in [1.82, 2.24) is 15.0 Å². The Balaban J connectivity index is 1.18. The summed E-state index contributed by atoms with van der Waals surface area (Å²) in [7, 11) is 0. The van der Waals surface area contributed by atoms with Crippen molar-refractivity contribution in [2.45, 2.75) is 0 Å². The van der Waals surface area contributed by atoms with Crippen LogP contribution in [0.2, 0.25) is 0 Å². The van der Waals surface area contributed by atoms with Gasteiger partial charge in [0.1, 0.15) is 0 Å². The molecule has 0 atom stereocenters. The third-order valence-electron chi connectivity index (χ3n) is 9.38. The van der Waals surface area contributed by atoms with E-state index in [2.05, 4.69) is 127 Å². The fraction of sp³-hybridized carbons (Fsp3) is 0. The Kier molecular flexibility index (Phi) is 7.49. The second-order valence-corrected chi connectivity index (χ2v) is 12.4. The van der Waals surface area contributed by atoms with Crippen LogP contribution in [0.1, 0.15) is 0 Å². The van der Waals surface area contributed by atoms with Crippen molar-refractivity contribution < 1.29 is 0 Å². The summed E-state index contributed by atoms with van der Waals surface area (Å²) in [4.78, 5) is 15.0. The Morgan fingerprint density at radius 1 is 0.200 bits per heavy atom. The molecule has 3 heteroatoms. The first-order valence-electron chi connectivity index (χ1n) is 16.9. The van der Waals surface area contributed by atoms with Gasteiger partial charge in [0, 0.05) is 16.7 Å². The lowest BCUT2D eigenvalue weighted by atomic mass is 9.88. The molecule has 9 aromatic rings. The largest absolute Gasteiger partial charge is 0.208 e. The van der Waals surface area contributed by atoms with Crippen molar-refractivity contribution in [3.8, 4) is 67.5 Å². The number of fused-ring (bicyclic) bond motifs is 2. The fourth-order valence-corrected chi connectivity index (χ4v) is 6.92. The van der Waals surface area contributed by atoms with Gasteiger partial charge in [0.25, 0.3) is 0 Å². The second-order valence-electron chi connectivity index (χ2n) is 12.4. The third kappa shape index (κ3) is 5.41. The van der Waals surface area contributed by atoms with Crippen molar-refractivity contribution in [3.63, 3.8) is 0 Å². The molecule has 0 saturated heterocycles. The summed E-state index contributed by atoms with van der Waals surface area (Å²) in [6.45, 7) is 0. The van der Waals surface area contributed by atoms with Gasteiger partial charge in [0.2, 0.25) is 0 Å². The quantitative estimate of drug-likeness (QED) is 0.182. The molecule has 0 saturated carbocycles. The lowest BCUT2D eigenvalue weighted by Gasteiger charge is -2.16. The lowest BCUT2D eigenvalue weighted by molar-refractivity contribution is 1.08. The van der Waals surface area contributed by atoms with E-state index in [1.54, 1.807) is 0 Å². The topological polar surface area (TPSA) is 38.7 Å². The van der Waals surface area contributed by atoms with Crippen LogP contribution in [0, 0.1) is 0 Å². The van der Waals surface area contributed by atoms with Crippen molar-refractivity contribution in [2.24, 2.45) is 0 Å². The number of nitrogens with zero attached hydrogens (tertiary/aromatic N) is 3. The molecule has 50 heavy (non-hydrogen) atoms. The predicted octanol–water partition coefficient (Wildman–Crippen LogP) is 12.2. The standard InChI is InChI=1S/C47H31N3/c1-4-14-32(15-5-1)33-24-26-34(27-25-33)37-28-29-42(39-21-11-10-20-38(37)39)43-30-31-44(41-23-13-12-22-40(41)43)47-49-45(35-16-6-2-7-17-35)48-46(50-47)36-18-8-3-9-19-36/h1-31H. The van der Waals surface area contributed by atoms with E-state index >= 15 is 0 Å². The van der Waals surface area contributed by atoms with Crippen LogP contribution < -0.4 is 0 Å². The maximum Gasteiger partial charge on any atom is 0.164 e. The smallest absolute Gasteiger partial charge is 0.164 e. The average Bonchev–Trinajstić information content (AvgIpc) is 3.21. The zero-order valence-electron chi connectivity index (χ0n) is 27.2. The third-order valence-corrected chi connectivity index (χ3v) is 9.38. The highest BCUT2D eigenvalue weighted by Gasteiger charge is 2.17. The van der Waals surface area contributed by atoms with Gasteiger partial charge < -0.3 is 0 Å². The molecule has 0 spiro atoms. The summed E-state index contributed by atoms with van der Waals surface area (Å²) in [6, 6.07) is 65.9. The Morgan fingerprint density at radius 3 is 1.02 bits per heavy atom. The van der Waals surface area contributed by atoms with Crippen LogP contribution in [0.15, 0.2) is 188 Å². The van der Waals surface area contributed by atoms with Gasteiger partial charge in [-0.1, -0.05) is 182 Å². The van der Waals surface area contributed by atoms with Gasteiger partial charge in [0.15, 0.2) is 17.5 Å². The SMILES string of the molecule is c1ccc(-c2ccc(-c3ccc(-c4ccc(-c5nc(-c6ccccc6)nc(-c6ccccc6)n5)c5ccccc45)c4ccccc34)cc2)cc1. The maximum atomic E-state index is 5.05. The van der Waals surface area contributed by atoms with E-state index in [1.165, 1.54) is 44.2 Å². The minimum atomic E-state index is 0.652. The molecule has 8 aromatic carbocycles. The predicted molar refractivity (Wildman–Crippen MR) is 207 cm³/mol. The average molecular weight is 638 g/mol. The summed E-state index contributed by atoms with van der Waals surface area (Å²) in [5.74, 6) is 1.96. The van der Waals surface area contributed by atoms with Crippen LogP contribution in [0.3, 0.4) is 0 Å². The number of rotatable bonds is 6. The van der Waals surface area contributed by atoms with Gasteiger partial charge in [0.05, 0.1) is 0 Å². The van der Waals surface area contributed by atoms with Crippen molar-refractivity contribution in [3.05, 3.63) is 188 Å². The summed E-state index contributed by atoms with van der Waals surface area (Å²) in [5, 5.41) is 4.69. The summed E-state index contributed by atoms with van der Waals surface area (Å²) in [5.41, 5.74) is 10.1. The number of hydrogen-bond donors (Lipinski definition) is 0. The van der Waals surface area contributed by atoms with Crippen LogP contribution >= 0.6 is 0 Å². The molecule has 0 bridgehead atoms. The molecule has 0 aliphatic rings. The zero-order chi connectivity index (χ0) is 33.3. The van der Waals surface area contributed by atoms with Gasteiger partial charge in [-0.05, 0) is 61.0 Å². The van der Waals surface area contributed by atoms with Gasteiger partial charge >= 0.3 is 0 Å². The van der Waals surface area contributed by atoms with Crippen LogP contribution in [-0.4, -0.2) is 15.0 Å². The molecule has 1 aromatic heterocycles. The minimum absolute atomic E-state index is 0.652. The van der Waals surface area contributed by atoms with Gasteiger partial charge in [-0.3, -0.25) is 0 Å². The molecule has 9 rings (SSSR count). The van der Waals surface area contributed by atoms with Crippen molar-refractivity contribution in [2.75, 3.05) is 0 Å². The number of benzene rings is 8. The first-order chi connectivity index (χ1) is 24.8. The second kappa shape index (κ2) is 12.7. The molecule has 3 nitrogen and oxygen atoms in total. The Hall–Kier alpha value is -6.71. The molecule has 0 amide bonds. The molecule has 0 radical (unpaired) electrons. The van der Waals surface area contributed by atoms with Crippen LogP contribution in [0.25, 0.3) is 89.1 Å². The molecular weight excluding hydrogens is 607 g/mol. The highest BCUT2D eigenvalue weighted by Crippen LogP contribution is 2.41. The fourth-order valence-electron chi connectivity index (χ4n) is 6.92. The van der Waals surface area contributed by atoms with Crippen molar-refractivity contribution in [1.29, 1.82) is 0 Å². The van der Waals surface area contributed by atoms with E-state index in [0.29, 0.717) is 17.5 Å². The lowest BCUT2D eigenvalue weighted by Crippen LogP contribution is -2.00. The highest BCUT2D eigenvalue weighted by molar-refractivity contribution is 6.11. The van der Waals surface area contributed by atoms with Gasteiger partial charge in [-0.15, -0.1) is 0 Å². The molecule has 0 N–H and O–H groups in total. The monoisotopic (exact) mass is 637 g/mol. The normalized spacial score (nSPS) is 11.2. The number of aromatic nitrogens is 3. The molecule has 234 valence electrons. The number of hydrogen-bond acceptors (Lipinski definition) is 3. The maximum absolute atomic E-state index is 5.05. The van der Waals surface area contributed by atoms with Gasteiger partial charge in [-0.25, -0.2) is 15.0 Å². The molecule has 0 aliphatic heterocycles. The summed E-state index contributed by atoms with van der Waals surface area (Å²) in [6.07, 6.45) is 0. The molecule has 0 fully saturated rings. The van der Waals surface area contributed by atoms with Crippen molar-refractivity contribution >= 4 is 21.5 Å². The molecule has 0 aliphatic carbocycles. The van der Waals surface area contributed by atoms with E-state index in [9.17, 15) is 0 Å². The molecule has 0 unspecified atom stereocenters. The van der Waals surface area contributed by atoms with E-state index in [0.717, 1.165) is 27.5 Å². The van der Waals surface area contributed by atoms with Crippen LogP contribution in [-0.2, 0) is 0 Å². The Morgan fingerprint density at radius 2 is 0.520 bits per heavy atom. The molecular formula is C47H31N3. The minimum Gasteiger partial charge on any atom is -0.208 e. The summed E-state index contributed by atoms with van der Waals surface area (Å²) < 4.78 is 0. The van der Waals surface area contributed by atoms with Crippen LogP contribution in [0.4, 0.5) is 0 Å². The first kappa shape index (κ1) is 29.4. The Bertz CT molecular complexity index is 2560. The molecule has 1 heterocycles. The summed E-state index contributed by atoms with van der Waals surface area (Å²) >= 11 is 0. The van der Waals surface area contributed by atoms with E-state index in [1.807, 2.05) is 60.7 Å². The zero-order valence-corrected chi connectivity index (χ0v) is 27.2.